The highest BCUT2D eigenvalue weighted by molar-refractivity contribution is 5.06. The average Bonchev–Trinajstić information content (AvgIpc) is 4.43. The SMILES string of the molecule is CC1C2CC(C2)CN1C.CC1C2CCC(CC2)N1C.CC1CC2CC(C2)N1C.CC1[C@@H]2CC[C@@H](C2)N1C.CC1[C@@H]2CC[C@H](CN1C)N2.CC1[C@@H]2C[C@H](CN1C)O2.CN1CCC2CC1(C)C2.CN1C[C@H]2CC[C@]1(C)C2.CN1[C@H]2CCC[C@]1(C)C2. The topological polar surface area (TPSA) is 50.4 Å². The van der Waals surface area contributed by atoms with Crippen molar-refractivity contribution >= 4 is 0 Å². The zero-order valence-electron chi connectivity index (χ0n) is 57.8. The van der Waals surface area contributed by atoms with E-state index in [4.69, 9.17) is 4.74 Å². The predicted octanol–water partition coefficient (Wildman–Crippen LogP) is 11.7. The number of hydrogen-bond acceptors (Lipinski definition) is 11. The first-order valence-electron chi connectivity index (χ1n) is 36.1. The molecule has 11 heteroatoms. The van der Waals surface area contributed by atoms with Crippen molar-refractivity contribution in [3.63, 3.8) is 0 Å². The Labute approximate surface area is 513 Å². The Hall–Kier alpha value is -0.440. The predicted molar refractivity (Wildman–Crippen MR) is 351 cm³/mol. The molecule has 24 aliphatic rings. The summed E-state index contributed by atoms with van der Waals surface area (Å²) in [6.07, 6.45) is 37.6. The van der Waals surface area contributed by atoms with Gasteiger partial charge >= 0.3 is 0 Å². The van der Waals surface area contributed by atoms with E-state index in [0.29, 0.717) is 34.9 Å². The third kappa shape index (κ3) is 14.7. The molecule has 7 aliphatic carbocycles. The van der Waals surface area contributed by atoms with Crippen molar-refractivity contribution in [2.75, 3.05) is 96.2 Å². The molecule has 0 radical (unpaired) electrons. The molecule has 24 fully saturated rings. The number of nitrogens with zero attached hydrogens (tertiary/aromatic N) is 9. The van der Waals surface area contributed by atoms with Crippen LogP contribution in [-0.2, 0) is 4.74 Å². The number of rotatable bonds is 0. The Bertz CT molecular complexity index is 1850. The van der Waals surface area contributed by atoms with Crippen molar-refractivity contribution < 1.29 is 4.74 Å². The molecule has 17 saturated heterocycles. The number of morpholine rings is 1. The number of ether oxygens (including phenoxy) is 1. The second kappa shape index (κ2) is 27.2. The lowest BCUT2D eigenvalue weighted by atomic mass is 9.64. The molecule has 0 spiro atoms. The van der Waals surface area contributed by atoms with Gasteiger partial charge in [0.2, 0.25) is 0 Å². The van der Waals surface area contributed by atoms with Crippen molar-refractivity contribution in [3.05, 3.63) is 0 Å². The van der Waals surface area contributed by atoms with Gasteiger partial charge in [0.05, 0.1) is 12.2 Å². The molecule has 83 heavy (non-hydrogen) atoms. The van der Waals surface area contributed by atoms with Gasteiger partial charge in [-0.25, -0.2) is 0 Å². The molecule has 11 nitrogen and oxygen atoms in total. The fourth-order valence-corrected chi connectivity index (χ4v) is 20.7. The minimum Gasteiger partial charge on any atom is -0.372 e. The summed E-state index contributed by atoms with van der Waals surface area (Å²) in [5.41, 5.74) is 1.83. The summed E-state index contributed by atoms with van der Waals surface area (Å²) in [6.45, 7) is 27.6. The molecule has 17 aliphatic heterocycles. The van der Waals surface area contributed by atoms with Crippen LogP contribution in [0, 0.1) is 41.4 Å². The molecule has 16 atom stereocenters. The van der Waals surface area contributed by atoms with Crippen LogP contribution in [0.1, 0.15) is 223 Å². The molecule has 18 bridgehead atoms. The van der Waals surface area contributed by atoms with Gasteiger partial charge < -0.3 is 44.4 Å². The number of likely N-dealkylation sites (tertiary alicyclic amines) is 3. The summed E-state index contributed by atoms with van der Waals surface area (Å²) in [4.78, 5) is 22.6. The highest BCUT2D eigenvalue weighted by Crippen LogP contribution is 2.49. The first kappa shape index (κ1) is 65.5. The molecule has 6 unspecified atom stereocenters. The van der Waals surface area contributed by atoms with Crippen LogP contribution in [0.4, 0.5) is 0 Å². The van der Waals surface area contributed by atoms with Gasteiger partial charge in [0, 0.05) is 122 Å². The van der Waals surface area contributed by atoms with Crippen molar-refractivity contribution in [1.29, 1.82) is 0 Å². The highest BCUT2D eigenvalue weighted by Gasteiger charge is 2.50. The van der Waals surface area contributed by atoms with Gasteiger partial charge in [-0.05, 0) is 321 Å². The van der Waals surface area contributed by atoms with Crippen molar-refractivity contribution in [2.24, 2.45) is 41.4 Å². The molecule has 24 rings (SSSR count). The summed E-state index contributed by atoms with van der Waals surface area (Å²) >= 11 is 0. The molecule has 1 N–H and O–H groups in total. The van der Waals surface area contributed by atoms with Gasteiger partial charge in [-0.3, -0.25) is 9.80 Å². The Morgan fingerprint density at radius 1 is 0.398 bits per heavy atom. The van der Waals surface area contributed by atoms with E-state index in [1.807, 2.05) is 0 Å². The Balaban J connectivity index is 0.000000104. The van der Waals surface area contributed by atoms with Gasteiger partial charge in [-0.2, -0.15) is 0 Å². The Morgan fingerprint density at radius 3 is 1.40 bits per heavy atom. The van der Waals surface area contributed by atoms with Crippen molar-refractivity contribution in [1.82, 2.24) is 49.4 Å². The van der Waals surface area contributed by atoms with E-state index < -0.39 is 0 Å². The van der Waals surface area contributed by atoms with E-state index in [0.717, 1.165) is 114 Å². The summed E-state index contributed by atoms with van der Waals surface area (Å²) in [7, 11) is 20.3. The van der Waals surface area contributed by atoms with Gasteiger partial charge in [0.1, 0.15) is 0 Å². The lowest BCUT2D eigenvalue weighted by molar-refractivity contribution is -0.200. The fourth-order valence-electron chi connectivity index (χ4n) is 20.7. The van der Waals surface area contributed by atoms with Gasteiger partial charge in [0.15, 0.2) is 0 Å². The van der Waals surface area contributed by atoms with Crippen LogP contribution in [0.3, 0.4) is 0 Å². The molecular formula is C72H136N10O. The molecular weight excluding hydrogens is 1020 g/mol. The maximum absolute atomic E-state index is 5.52. The van der Waals surface area contributed by atoms with Crippen LogP contribution in [0.5, 0.6) is 0 Å². The second-order valence-electron chi connectivity index (χ2n) is 33.9. The highest BCUT2D eigenvalue weighted by atomic mass is 16.5. The van der Waals surface area contributed by atoms with Crippen molar-refractivity contribution in [2.45, 2.75) is 324 Å². The number of hydrogen-bond donors (Lipinski definition) is 1. The average molecular weight is 1160 g/mol. The van der Waals surface area contributed by atoms with E-state index in [2.05, 4.69) is 175 Å². The van der Waals surface area contributed by atoms with Crippen LogP contribution < -0.4 is 5.32 Å². The standard InChI is InChI=1S/C9H17N.C8H16N2.6C8H15N.C7H13NO/c1-7-8-3-5-9(6-4-8)10(7)2;1-6-8-4-3-7(9-8)5-10(6)2;1-6-8-3-7(4-8)5-9(6)2;1-6-3-7-4-8(5-7)9(6)2;1-8-5-7(6-8)3-4-9(8)2;1-8-4-3-7(5-8)6-9(8)2;1-6-7-3-4-8(5-7)9(6)2;1-8-5-3-4-7(6-8)9(8)2;1-5-7-3-6(9-7)4-8(5)2/h7-9H,3-6H2,1-2H3;6-9H,3-5H2,1-2H3;2*6-8H,3-5H2,1-2H3;2*7H,3-6H2,1-2H3;6-8H,3-5H2,1-2H3;7H,3-6H2,1-2H3;5-7H,3-4H2,1-2H3/t;6?,7-,8+;;;;7-,8+;6?,7-,8+;7-,8+;5?,6-,7+/m.1...0101/s1. The largest absolute Gasteiger partial charge is 0.372 e. The third-order valence-corrected chi connectivity index (χ3v) is 28.8. The summed E-state index contributed by atoms with van der Waals surface area (Å²) in [6, 6.07) is 10.2. The first-order valence-corrected chi connectivity index (χ1v) is 36.1. The smallest absolute Gasteiger partial charge is 0.0757 e. The monoisotopic (exact) mass is 1160 g/mol. The molecule has 0 amide bonds. The molecule has 0 aromatic heterocycles. The number of piperazine rings is 1. The first-order chi connectivity index (χ1) is 39.3. The van der Waals surface area contributed by atoms with E-state index in [1.165, 1.54) is 187 Å². The maximum atomic E-state index is 5.52. The van der Waals surface area contributed by atoms with Gasteiger partial charge in [0.25, 0.3) is 0 Å². The Morgan fingerprint density at radius 2 is 1.02 bits per heavy atom. The zero-order valence-corrected chi connectivity index (χ0v) is 57.8. The van der Waals surface area contributed by atoms with Crippen LogP contribution in [0.25, 0.3) is 0 Å². The number of fused-ring (bicyclic) bond motifs is 19. The molecule has 17 heterocycles. The summed E-state index contributed by atoms with van der Waals surface area (Å²) in [5.74, 6) is 7.41. The van der Waals surface area contributed by atoms with Gasteiger partial charge in [-0.15, -0.1) is 0 Å². The Kier molecular flexibility index (Phi) is 21.5. The maximum Gasteiger partial charge on any atom is 0.0757 e. The second-order valence-corrected chi connectivity index (χ2v) is 33.9. The minimum atomic E-state index is 0.550. The van der Waals surface area contributed by atoms with E-state index in [1.54, 1.807) is 0 Å². The van der Waals surface area contributed by atoms with Gasteiger partial charge in [-0.1, -0.05) is 6.42 Å². The van der Waals surface area contributed by atoms with E-state index in [9.17, 15) is 0 Å². The summed E-state index contributed by atoms with van der Waals surface area (Å²) in [5, 5.41) is 3.63. The number of nitrogens with one attached hydrogen (secondary N) is 1. The minimum absolute atomic E-state index is 0.550. The van der Waals surface area contributed by atoms with Crippen LogP contribution in [0.2, 0.25) is 0 Å². The molecule has 0 aromatic carbocycles. The quantitative estimate of drug-likeness (QED) is 0.252. The van der Waals surface area contributed by atoms with E-state index >= 15 is 0 Å². The van der Waals surface area contributed by atoms with Crippen molar-refractivity contribution in [3.8, 4) is 0 Å². The van der Waals surface area contributed by atoms with Crippen LogP contribution in [-0.4, -0.2) is 242 Å². The zero-order chi connectivity index (χ0) is 59.4. The molecule has 7 saturated carbocycles. The lowest BCUT2D eigenvalue weighted by Crippen LogP contribution is -2.64. The van der Waals surface area contributed by atoms with Crippen LogP contribution >= 0.6 is 0 Å². The number of piperidine rings is 12. The number of likely N-dealkylation sites (N-methyl/N-ethyl adjacent to an activating group) is 2. The van der Waals surface area contributed by atoms with Crippen LogP contribution in [0.15, 0.2) is 0 Å². The third-order valence-electron chi connectivity index (χ3n) is 28.8. The summed E-state index contributed by atoms with van der Waals surface area (Å²) < 4.78 is 5.52. The lowest BCUT2D eigenvalue weighted by Gasteiger charge is -2.59. The molecule has 480 valence electrons. The van der Waals surface area contributed by atoms with E-state index in [-0.39, 0.29) is 0 Å². The normalized spacial score (nSPS) is 50.0. The molecule has 0 aromatic rings. The fraction of sp³-hybridized carbons (Fsp3) is 1.00.